The van der Waals surface area contributed by atoms with Crippen LogP contribution in [0.25, 0.3) is 0 Å². The van der Waals surface area contributed by atoms with Gasteiger partial charge in [-0.3, -0.25) is 13.9 Å². The Hall–Kier alpha value is -3.65. The van der Waals surface area contributed by atoms with Gasteiger partial charge in [-0.05, 0) is 69.5 Å². The summed E-state index contributed by atoms with van der Waals surface area (Å²) in [6.07, 6.45) is 0. The van der Waals surface area contributed by atoms with Gasteiger partial charge in [-0.15, -0.1) is 0 Å². The highest BCUT2D eigenvalue weighted by atomic mass is 32.2. The van der Waals surface area contributed by atoms with Crippen molar-refractivity contribution in [2.75, 3.05) is 10.8 Å². The fourth-order valence-electron chi connectivity index (χ4n) is 4.04. The lowest BCUT2D eigenvalue weighted by atomic mass is 10.1. The Morgan fingerprint density at radius 3 is 1.97 bits per heavy atom. The van der Waals surface area contributed by atoms with Gasteiger partial charge in [0.25, 0.3) is 10.0 Å². The average Bonchev–Trinajstić information content (AvgIpc) is 2.87. The zero-order valence-corrected chi connectivity index (χ0v) is 22.8. The van der Waals surface area contributed by atoms with Crippen molar-refractivity contribution in [3.05, 3.63) is 95.6 Å². The molecule has 0 bridgehead atoms. The summed E-state index contributed by atoms with van der Waals surface area (Å²) in [5.74, 6) is -0.775. The number of hydrogen-bond donors (Lipinski definition) is 1. The number of sulfonamides is 1. The molecule has 2 amide bonds. The number of nitrogens with one attached hydrogen (secondary N) is 1. The second kappa shape index (κ2) is 12.1. The van der Waals surface area contributed by atoms with Crippen LogP contribution in [-0.2, 0) is 26.2 Å². The predicted octanol–water partition coefficient (Wildman–Crippen LogP) is 4.44. The summed E-state index contributed by atoms with van der Waals surface area (Å²) in [7, 11) is -4.07. The molecule has 1 atom stereocenters. The van der Waals surface area contributed by atoms with Gasteiger partial charge in [0.1, 0.15) is 12.6 Å². The van der Waals surface area contributed by atoms with E-state index in [1.54, 1.807) is 50.2 Å². The van der Waals surface area contributed by atoms with E-state index in [1.807, 2.05) is 51.1 Å². The lowest BCUT2D eigenvalue weighted by Crippen LogP contribution is -2.52. The van der Waals surface area contributed by atoms with E-state index in [-0.39, 0.29) is 23.4 Å². The van der Waals surface area contributed by atoms with Crippen LogP contribution in [0.15, 0.2) is 83.8 Å². The van der Waals surface area contributed by atoms with Crippen LogP contribution in [0.2, 0.25) is 0 Å². The lowest BCUT2D eigenvalue weighted by molar-refractivity contribution is -0.139. The molecule has 0 fully saturated rings. The Morgan fingerprint density at radius 2 is 1.38 bits per heavy atom. The van der Waals surface area contributed by atoms with Crippen molar-refractivity contribution < 1.29 is 18.0 Å². The molecule has 3 rings (SSSR count). The second-order valence-electron chi connectivity index (χ2n) is 9.40. The number of anilines is 1. The lowest BCUT2D eigenvalue weighted by Gasteiger charge is -2.33. The fraction of sp³-hybridized carbons (Fsp3) is 0.310. The summed E-state index contributed by atoms with van der Waals surface area (Å²) >= 11 is 0. The van der Waals surface area contributed by atoms with E-state index in [4.69, 9.17) is 0 Å². The molecule has 0 aliphatic carbocycles. The van der Waals surface area contributed by atoms with E-state index in [0.717, 1.165) is 15.4 Å². The summed E-state index contributed by atoms with van der Waals surface area (Å²) in [4.78, 5) is 28.4. The summed E-state index contributed by atoms with van der Waals surface area (Å²) in [6.45, 7) is 8.83. The SMILES string of the molecule is Cc1ccccc1CN(C(=O)CN(c1ccccc1C)S(=O)(=O)c1ccccc1)[C@@H](C)C(=O)NC(C)C. The van der Waals surface area contributed by atoms with Crippen LogP contribution in [0.5, 0.6) is 0 Å². The number of nitrogens with zero attached hydrogens (tertiary/aromatic N) is 2. The molecule has 7 nitrogen and oxygen atoms in total. The first-order valence-electron chi connectivity index (χ1n) is 12.3. The Morgan fingerprint density at radius 1 is 0.811 bits per heavy atom. The molecule has 0 spiro atoms. The van der Waals surface area contributed by atoms with Crippen molar-refractivity contribution in [2.45, 2.75) is 58.1 Å². The third-order valence-electron chi connectivity index (χ3n) is 6.19. The van der Waals surface area contributed by atoms with E-state index in [2.05, 4.69) is 5.32 Å². The molecule has 8 heteroatoms. The van der Waals surface area contributed by atoms with Crippen molar-refractivity contribution in [1.29, 1.82) is 0 Å². The number of amides is 2. The topological polar surface area (TPSA) is 86.8 Å². The molecular formula is C29H35N3O4S. The summed E-state index contributed by atoms with van der Waals surface area (Å²) in [5, 5.41) is 2.86. The molecule has 0 aromatic heterocycles. The Kier molecular flexibility index (Phi) is 9.10. The summed E-state index contributed by atoms with van der Waals surface area (Å²) in [6, 6.07) is 21.8. The first kappa shape index (κ1) is 27.9. The number of hydrogen-bond acceptors (Lipinski definition) is 4. The first-order valence-corrected chi connectivity index (χ1v) is 13.7. The molecule has 0 heterocycles. The molecule has 0 saturated heterocycles. The van der Waals surface area contributed by atoms with Crippen LogP contribution in [-0.4, -0.2) is 43.8 Å². The quantitative estimate of drug-likeness (QED) is 0.427. The van der Waals surface area contributed by atoms with Gasteiger partial charge in [-0.25, -0.2) is 8.42 Å². The highest BCUT2D eigenvalue weighted by Gasteiger charge is 2.33. The van der Waals surface area contributed by atoms with E-state index < -0.39 is 28.5 Å². The minimum atomic E-state index is -4.07. The maximum absolute atomic E-state index is 13.9. The Labute approximate surface area is 220 Å². The third kappa shape index (κ3) is 6.77. The van der Waals surface area contributed by atoms with Crippen molar-refractivity contribution >= 4 is 27.5 Å². The van der Waals surface area contributed by atoms with Crippen molar-refractivity contribution in [1.82, 2.24) is 10.2 Å². The molecule has 0 unspecified atom stereocenters. The number of carbonyl (C=O) groups excluding carboxylic acids is 2. The average molecular weight is 522 g/mol. The minimum absolute atomic E-state index is 0.0853. The summed E-state index contributed by atoms with van der Waals surface area (Å²) < 4.78 is 28.7. The molecule has 0 aliphatic rings. The van der Waals surface area contributed by atoms with Gasteiger partial charge in [0.15, 0.2) is 0 Å². The molecule has 37 heavy (non-hydrogen) atoms. The van der Waals surface area contributed by atoms with Crippen LogP contribution in [0, 0.1) is 13.8 Å². The van der Waals surface area contributed by atoms with Crippen molar-refractivity contribution in [2.24, 2.45) is 0 Å². The standard InChI is InChI=1S/C29H35N3O4S/c1-21(2)30-29(34)24(5)31(19-25-15-11-9-13-22(25)3)28(33)20-32(27-18-12-10-14-23(27)4)37(35,36)26-16-7-6-8-17-26/h6-18,21,24H,19-20H2,1-5H3,(H,30,34)/t24-/m0/s1. The van der Waals surface area contributed by atoms with Crippen molar-refractivity contribution in [3.8, 4) is 0 Å². The Bertz CT molecular complexity index is 1340. The molecular weight excluding hydrogens is 486 g/mol. The van der Waals surface area contributed by atoms with Gasteiger partial charge in [-0.1, -0.05) is 60.7 Å². The van der Waals surface area contributed by atoms with Gasteiger partial charge in [0.2, 0.25) is 11.8 Å². The number of para-hydroxylation sites is 1. The minimum Gasteiger partial charge on any atom is -0.352 e. The van der Waals surface area contributed by atoms with Crippen LogP contribution in [0.4, 0.5) is 5.69 Å². The van der Waals surface area contributed by atoms with Gasteiger partial charge in [0, 0.05) is 12.6 Å². The molecule has 3 aromatic carbocycles. The van der Waals surface area contributed by atoms with E-state index in [0.29, 0.717) is 11.3 Å². The zero-order valence-electron chi connectivity index (χ0n) is 22.0. The molecule has 1 N–H and O–H groups in total. The molecule has 0 saturated carbocycles. The number of benzene rings is 3. The maximum Gasteiger partial charge on any atom is 0.264 e. The van der Waals surface area contributed by atoms with E-state index in [9.17, 15) is 18.0 Å². The number of aryl methyl sites for hydroxylation is 2. The van der Waals surface area contributed by atoms with Crippen LogP contribution in [0.3, 0.4) is 0 Å². The molecule has 0 radical (unpaired) electrons. The Balaban J connectivity index is 2.04. The zero-order chi connectivity index (χ0) is 27.2. The molecule has 0 aliphatic heterocycles. The fourth-order valence-corrected chi connectivity index (χ4v) is 5.53. The van der Waals surface area contributed by atoms with E-state index in [1.165, 1.54) is 17.0 Å². The molecule has 196 valence electrons. The van der Waals surface area contributed by atoms with Gasteiger partial charge >= 0.3 is 0 Å². The number of carbonyl (C=O) groups is 2. The third-order valence-corrected chi connectivity index (χ3v) is 7.97. The normalized spacial score (nSPS) is 12.2. The van der Waals surface area contributed by atoms with Gasteiger partial charge in [-0.2, -0.15) is 0 Å². The number of rotatable bonds is 10. The van der Waals surface area contributed by atoms with E-state index >= 15 is 0 Å². The summed E-state index contributed by atoms with van der Waals surface area (Å²) in [5.41, 5.74) is 2.98. The smallest absolute Gasteiger partial charge is 0.264 e. The highest BCUT2D eigenvalue weighted by molar-refractivity contribution is 7.92. The predicted molar refractivity (Wildman–Crippen MR) is 147 cm³/mol. The second-order valence-corrected chi connectivity index (χ2v) is 11.3. The monoisotopic (exact) mass is 521 g/mol. The largest absolute Gasteiger partial charge is 0.352 e. The van der Waals surface area contributed by atoms with Crippen LogP contribution < -0.4 is 9.62 Å². The van der Waals surface area contributed by atoms with Gasteiger partial charge < -0.3 is 10.2 Å². The van der Waals surface area contributed by atoms with Crippen LogP contribution in [0.1, 0.15) is 37.5 Å². The van der Waals surface area contributed by atoms with Crippen LogP contribution >= 0.6 is 0 Å². The van der Waals surface area contributed by atoms with Gasteiger partial charge in [0.05, 0.1) is 10.6 Å². The van der Waals surface area contributed by atoms with Crippen molar-refractivity contribution in [3.63, 3.8) is 0 Å². The maximum atomic E-state index is 13.9. The molecule has 3 aromatic rings. The highest BCUT2D eigenvalue weighted by Crippen LogP contribution is 2.27. The first-order chi connectivity index (χ1) is 17.5.